The maximum Gasteiger partial charge on any atom is 0.276 e. The van der Waals surface area contributed by atoms with Crippen molar-refractivity contribution in [3.05, 3.63) is 35.5 Å². The lowest BCUT2D eigenvalue weighted by atomic mass is 10.2. The molecule has 1 fully saturated rings. The summed E-state index contributed by atoms with van der Waals surface area (Å²) in [5.41, 5.74) is 1.40. The second-order valence-electron chi connectivity index (χ2n) is 4.01. The van der Waals surface area contributed by atoms with Gasteiger partial charge in [0.15, 0.2) is 5.11 Å². The van der Waals surface area contributed by atoms with Crippen LogP contribution in [0.1, 0.15) is 12.5 Å². The Morgan fingerprint density at radius 1 is 1.33 bits per heavy atom. The molecule has 0 unspecified atom stereocenters. The summed E-state index contributed by atoms with van der Waals surface area (Å²) in [4.78, 5) is 15.4. The Morgan fingerprint density at radius 2 is 1.94 bits per heavy atom. The van der Waals surface area contributed by atoms with E-state index in [1.165, 1.54) is 0 Å². The minimum absolute atomic E-state index is 0.0851. The summed E-state index contributed by atoms with van der Waals surface area (Å²) >= 11 is 5.20. The quantitative estimate of drug-likeness (QED) is 0.652. The van der Waals surface area contributed by atoms with Crippen LogP contribution in [0, 0.1) is 0 Å². The topological polar surface area (TPSA) is 43.8 Å². The summed E-state index contributed by atoms with van der Waals surface area (Å²) in [7, 11) is 1.78. The van der Waals surface area contributed by atoms with Gasteiger partial charge in [-0.05, 0) is 42.9 Å². The summed E-state index contributed by atoms with van der Waals surface area (Å²) in [6, 6.07) is 6.67. The van der Waals surface area contributed by atoms with Crippen LogP contribution < -0.4 is 0 Å². The molecule has 0 saturated carbocycles. The third kappa shape index (κ3) is 2.09. The van der Waals surface area contributed by atoms with Crippen molar-refractivity contribution in [3.63, 3.8) is 0 Å². The lowest BCUT2D eigenvalue weighted by Crippen LogP contribution is -2.30. The first kappa shape index (κ1) is 12.6. The molecule has 0 radical (unpaired) electrons. The summed E-state index contributed by atoms with van der Waals surface area (Å²) in [5.74, 6) is 0.118. The molecule has 0 bridgehead atoms. The minimum atomic E-state index is -0.0851. The highest BCUT2D eigenvalue weighted by Crippen LogP contribution is 2.22. The van der Waals surface area contributed by atoms with E-state index >= 15 is 0 Å². The van der Waals surface area contributed by atoms with Crippen LogP contribution in [0.4, 0.5) is 0 Å². The molecule has 1 aliphatic heterocycles. The molecule has 4 nitrogen and oxygen atoms in total. The molecule has 1 amide bonds. The largest absolute Gasteiger partial charge is 0.508 e. The molecule has 1 aromatic carbocycles. The molecule has 0 spiro atoms. The number of nitrogens with zero attached hydrogens (tertiary/aromatic N) is 2. The zero-order valence-corrected chi connectivity index (χ0v) is 11.1. The van der Waals surface area contributed by atoms with Crippen LogP contribution >= 0.6 is 12.2 Å². The van der Waals surface area contributed by atoms with Crippen molar-refractivity contribution in [2.45, 2.75) is 6.92 Å². The van der Waals surface area contributed by atoms with E-state index < -0.39 is 0 Å². The third-order valence-electron chi connectivity index (χ3n) is 2.86. The highest BCUT2D eigenvalue weighted by atomic mass is 32.1. The van der Waals surface area contributed by atoms with E-state index in [0.717, 1.165) is 5.56 Å². The zero-order valence-electron chi connectivity index (χ0n) is 10.3. The smallest absolute Gasteiger partial charge is 0.276 e. The van der Waals surface area contributed by atoms with Gasteiger partial charge in [0.25, 0.3) is 5.91 Å². The third-order valence-corrected chi connectivity index (χ3v) is 3.35. The minimum Gasteiger partial charge on any atom is -0.508 e. The predicted octanol–water partition coefficient (Wildman–Crippen LogP) is 1.81. The number of benzene rings is 1. The molecule has 2 rings (SSSR count). The summed E-state index contributed by atoms with van der Waals surface area (Å²) < 4.78 is 0. The average Bonchev–Trinajstić information content (AvgIpc) is 2.56. The second-order valence-corrected chi connectivity index (χ2v) is 4.38. The number of amides is 1. The lowest BCUT2D eigenvalue weighted by molar-refractivity contribution is -0.122. The van der Waals surface area contributed by atoms with Crippen LogP contribution in [0.25, 0.3) is 6.08 Å². The van der Waals surface area contributed by atoms with Gasteiger partial charge in [-0.3, -0.25) is 9.69 Å². The number of likely N-dealkylation sites (N-methyl/N-ethyl adjacent to an activating group) is 2. The first-order valence-electron chi connectivity index (χ1n) is 5.65. The van der Waals surface area contributed by atoms with Gasteiger partial charge in [0.1, 0.15) is 11.4 Å². The molecule has 1 N–H and O–H groups in total. The number of carbonyl (C=O) groups is 1. The van der Waals surface area contributed by atoms with Crippen molar-refractivity contribution in [2.24, 2.45) is 0 Å². The number of aromatic hydroxyl groups is 1. The number of rotatable bonds is 2. The zero-order chi connectivity index (χ0) is 13.3. The molecule has 1 aliphatic rings. The van der Waals surface area contributed by atoms with Gasteiger partial charge in [0.05, 0.1) is 0 Å². The van der Waals surface area contributed by atoms with Crippen molar-refractivity contribution in [1.29, 1.82) is 0 Å². The number of hydrogen-bond donors (Lipinski definition) is 1. The van der Waals surface area contributed by atoms with Crippen molar-refractivity contribution in [3.8, 4) is 5.75 Å². The number of hydrogen-bond acceptors (Lipinski definition) is 3. The van der Waals surface area contributed by atoms with E-state index in [1.807, 2.05) is 6.92 Å². The Bertz CT molecular complexity index is 522. The molecule has 0 aliphatic carbocycles. The maximum absolute atomic E-state index is 12.1. The van der Waals surface area contributed by atoms with Crippen LogP contribution in [0.2, 0.25) is 0 Å². The molecular formula is C13H14N2O2S. The normalized spacial score (nSPS) is 18.0. The number of phenols is 1. The van der Waals surface area contributed by atoms with Gasteiger partial charge in [-0.25, -0.2) is 0 Å². The first-order chi connectivity index (χ1) is 8.54. The highest BCUT2D eigenvalue weighted by molar-refractivity contribution is 7.80. The van der Waals surface area contributed by atoms with E-state index in [2.05, 4.69) is 0 Å². The maximum atomic E-state index is 12.1. The molecule has 5 heteroatoms. The Morgan fingerprint density at radius 3 is 2.44 bits per heavy atom. The number of phenolic OH excluding ortho intramolecular Hbond substituents is 1. The Kier molecular flexibility index (Phi) is 3.34. The predicted molar refractivity (Wildman–Crippen MR) is 73.8 cm³/mol. The second kappa shape index (κ2) is 4.78. The van der Waals surface area contributed by atoms with Crippen LogP contribution in [0.15, 0.2) is 30.0 Å². The fourth-order valence-corrected chi connectivity index (χ4v) is 2.13. The SMILES string of the molecule is CCN1C(=O)/C(=C/c2ccc(O)cc2)N(C)C1=S. The number of thiocarbonyl (C=S) groups is 1. The van der Waals surface area contributed by atoms with Crippen LogP contribution in [-0.4, -0.2) is 39.5 Å². The van der Waals surface area contributed by atoms with Crippen LogP contribution in [0.5, 0.6) is 5.75 Å². The standard InChI is InChI=1S/C13H14N2O2S/c1-3-15-12(17)11(14(2)13(15)18)8-9-4-6-10(16)7-5-9/h4-8,16H,3H2,1-2H3/b11-8-. The van der Waals surface area contributed by atoms with Gasteiger partial charge >= 0.3 is 0 Å². The number of carbonyl (C=O) groups excluding carboxylic acids is 1. The van der Waals surface area contributed by atoms with Crippen LogP contribution in [0.3, 0.4) is 0 Å². The van der Waals surface area contributed by atoms with Gasteiger partial charge in [-0.1, -0.05) is 12.1 Å². The fourth-order valence-electron chi connectivity index (χ4n) is 1.82. The molecule has 1 heterocycles. The van der Waals surface area contributed by atoms with Crippen LogP contribution in [-0.2, 0) is 4.79 Å². The Labute approximate surface area is 111 Å². The van der Waals surface area contributed by atoms with Crippen molar-refractivity contribution >= 4 is 29.3 Å². The van der Waals surface area contributed by atoms with Crippen molar-refractivity contribution < 1.29 is 9.90 Å². The monoisotopic (exact) mass is 262 g/mol. The molecule has 94 valence electrons. The Hall–Kier alpha value is -1.88. The molecular weight excluding hydrogens is 248 g/mol. The van der Waals surface area contributed by atoms with Gasteiger partial charge < -0.3 is 10.0 Å². The fraction of sp³-hybridized carbons (Fsp3) is 0.231. The molecule has 18 heavy (non-hydrogen) atoms. The summed E-state index contributed by atoms with van der Waals surface area (Å²) in [6.45, 7) is 2.45. The van der Waals surface area contributed by atoms with Gasteiger partial charge in [0.2, 0.25) is 0 Å². The summed E-state index contributed by atoms with van der Waals surface area (Å²) in [6.07, 6.45) is 1.77. The lowest BCUT2D eigenvalue weighted by Gasteiger charge is -2.13. The van der Waals surface area contributed by atoms with Gasteiger partial charge in [-0.2, -0.15) is 0 Å². The average molecular weight is 262 g/mol. The van der Waals surface area contributed by atoms with E-state index in [9.17, 15) is 9.90 Å². The molecule has 0 atom stereocenters. The summed E-state index contributed by atoms with van der Waals surface area (Å²) in [5, 5.41) is 9.74. The van der Waals surface area contributed by atoms with Crippen molar-refractivity contribution in [1.82, 2.24) is 9.80 Å². The molecule has 0 aromatic heterocycles. The van der Waals surface area contributed by atoms with E-state index in [0.29, 0.717) is 17.4 Å². The molecule has 1 saturated heterocycles. The molecule has 1 aromatic rings. The first-order valence-corrected chi connectivity index (χ1v) is 6.05. The van der Waals surface area contributed by atoms with E-state index in [4.69, 9.17) is 12.2 Å². The van der Waals surface area contributed by atoms with Gasteiger partial charge in [-0.15, -0.1) is 0 Å². The van der Waals surface area contributed by atoms with Crippen molar-refractivity contribution in [2.75, 3.05) is 13.6 Å². The highest BCUT2D eigenvalue weighted by Gasteiger charge is 2.34. The van der Waals surface area contributed by atoms with E-state index in [1.54, 1.807) is 47.2 Å². The Balaban J connectivity index is 2.36. The van der Waals surface area contributed by atoms with E-state index in [-0.39, 0.29) is 11.7 Å². The van der Waals surface area contributed by atoms with Gasteiger partial charge in [0, 0.05) is 13.6 Å².